The summed E-state index contributed by atoms with van der Waals surface area (Å²) in [6, 6.07) is 13.9. The number of rotatable bonds is 9. The molecule has 0 spiro atoms. The van der Waals surface area contributed by atoms with E-state index in [4.69, 9.17) is 11.6 Å². The fourth-order valence-electron chi connectivity index (χ4n) is 5.13. The number of aliphatic hydroxyl groups is 1. The minimum Gasteiger partial charge on any atom is -0.391 e. The summed E-state index contributed by atoms with van der Waals surface area (Å²) in [5.74, 6) is 0.561. The maximum atomic E-state index is 12.7. The maximum Gasteiger partial charge on any atom is 0.319 e. The summed E-state index contributed by atoms with van der Waals surface area (Å²) in [5, 5.41) is 16.8. The average Bonchev–Trinajstić information content (AvgIpc) is 2.80. The molecule has 0 saturated carbocycles. The molecule has 2 aromatic rings. The van der Waals surface area contributed by atoms with Gasteiger partial charge in [-0.1, -0.05) is 36.7 Å². The molecule has 2 aromatic carbocycles. The lowest BCUT2D eigenvalue weighted by molar-refractivity contribution is 0.0305. The van der Waals surface area contributed by atoms with E-state index < -0.39 is 28.0 Å². The van der Waals surface area contributed by atoms with Gasteiger partial charge >= 0.3 is 6.03 Å². The highest BCUT2D eigenvalue weighted by Crippen LogP contribution is 2.32. The van der Waals surface area contributed by atoms with E-state index in [1.807, 2.05) is 12.1 Å². The number of halogens is 1. The van der Waals surface area contributed by atoms with Crippen LogP contribution in [0.3, 0.4) is 0 Å². The van der Waals surface area contributed by atoms with Crippen molar-refractivity contribution >= 4 is 33.2 Å². The lowest BCUT2D eigenvalue weighted by atomic mass is 9.81. The molecule has 5 atom stereocenters. The third-order valence-corrected chi connectivity index (χ3v) is 8.41. The van der Waals surface area contributed by atoms with Gasteiger partial charge in [-0.05, 0) is 81.3 Å². The van der Waals surface area contributed by atoms with Gasteiger partial charge < -0.3 is 15.7 Å². The molecule has 36 heavy (non-hydrogen) atoms. The summed E-state index contributed by atoms with van der Waals surface area (Å²) in [4.78, 5) is 15.3. The Morgan fingerprint density at radius 3 is 2.50 bits per heavy atom. The number of aliphatic hydroxyl groups excluding tert-OH is 1. The van der Waals surface area contributed by atoms with E-state index >= 15 is 0 Å². The Kier molecular flexibility index (Phi) is 9.80. The number of sulfone groups is 1. The standard InChI is InChI=1S/C27H38ClN3O4S/c1-5-24-15-21(14-20-9-11-22(28)12-10-20)13-18(2)31(24)17-26(19(3)32)30-27(33)29-23-7-6-8-25(16-23)36(4,34)35/h6-12,16,18-19,21,24,26,32H,5,13-15,17H2,1-4H3,(H2,29,30,33). The number of carbonyl (C=O) groups excluding carboxylic acids is 1. The van der Waals surface area contributed by atoms with Crippen molar-refractivity contribution in [1.29, 1.82) is 0 Å². The van der Waals surface area contributed by atoms with Crippen LogP contribution < -0.4 is 10.6 Å². The molecule has 0 aliphatic carbocycles. The van der Waals surface area contributed by atoms with Gasteiger partial charge in [-0.3, -0.25) is 4.90 Å². The number of benzene rings is 2. The van der Waals surface area contributed by atoms with Crippen molar-refractivity contribution in [3.63, 3.8) is 0 Å². The van der Waals surface area contributed by atoms with Crippen LogP contribution in [-0.2, 0) is 16.3 Å². The lowest BCUT2D eigenvalue weighted by Crippen LogP contribution is -2.57. The maximum absolute atomic E-state index is 12.7. The highest BCUT2D eigenvalue weighted by Gasteiger charge is 2.35. The van der Waals surface area contributed by atoms with E-state index in [0.29, 0.717) is 30.2 Å². The Bertz CT molecular complexity index is 1120. The smallest absolute Gasteiger partial charge is 0.319 e. The molecule has 2 amide bonds. The van der Waals surface area contributed by atoms with Gasteiger partial charge in [-0.2, -0.15) is 0 Å². The number of nitrogens with one attached hydrogen (secondary N) is 2. The molecule has 1 saturated heterocycles. The van der Waals surface area contributed by atoms with Crippen LogP contribution in [0.25, 0.3) is 0 Å². The lowest BCUT2D eigenvalue weighted by Gasteiger charge is -2.45. The summed E-state index contributed by atoms with van der Waals surface area (Å²) >= 11 is 6.04. The second-order valence-corrected chi connectivity index (χ2v) is 12.5. The Hall–Kier alpha value is -2.13. The molecule has 3 N–H and O–H groups in total. The number of carbonyl (C=O) groups is 1. The van der Waals surface area contributed by atoms with Crippen molar-refractivity contribution in [1.82, 2.24) is 10.2 Å². The third-order valence-electron chi connectivity index (χ3n) is 7.05. The van der Waals surface area contributed by atoms with E-state index in [9.17, 15) is 18.3 Å². The topological polar surface area (TPSA) is 98.7 Å². The minimum atomic E-state index is -3.38. The normalized spacial score (nSPS) is 22.6. The quantitative estimate of drug-likeness (QED) is 0.431. The zero-order valence-electron chi connectivity index (χ0n) is 21.4. The Morgan fingerprint density at radius 1 is 1.19 bits per heavy atom. The Balaban J connectivity index is 1.63. The van der Waals surface area contributed by atoms with Gasteiger partial charge in [-0.25, -0.2) is 13.2 Å². The predicted octanol–water partition coefficient (Wildman–Crippen LogP) is 4.74. The van der Waals surface area contributed by atoms with Gasteiger partial charge in [-0.15, -0.1) is 0 Å². The van der Waals surface area contributed by atoms with Crippen molar-refractivity contribution < 1.29 is 18.3 Å². The highest BCUT2D eigenvalue weighted by molar-refractivity contribution is 7.90. The molecule has 0 radical (unpaired) electrons. The summed E-state index contributed by atoms with van der Waals surface area (Å²) < 4.78 is 23.6. The van der Waals surface area contributed by atoms with Crippen LogP contribution in [0, 0.1) is 5.92 Å². The van der Waals surface area contributed by atoms with Crippen molar-refractivity contribution in [2.75, 3.05) is 18.1 Å². The SMILES string of the molecule is CCC1CC(Cc2ccc(Cl)cc2)CC(C)N1CC(NC(=O)Nc1cccc(S(C)(=O)=O)c1)C(C)O. The molecule has 1 aliphatic heterocycles. The summed E-state index contributed by atoms with van der Waals surface area (Å²) in [5.41, 5.74) is 1.67. The van der Waals surface area contributed by atoms with Crippen LogP contribution in [0.2, 0.25) is 5.02 Å². The molecule has 1 fully saturated rings. The zero-order chi connectivity index (χ0) is 26.5. The number of likely N-dealkylation sites (tertiary alicyclic amines) is 1. The first-order valence-electron chi connectivity index (χ1n) is 12.5. The van der Waals surface area contributed by atoms with Gasteiger partial charge in [0.25, 0.3) is 0 Å². The molecule has 5 unspecified atom stereocenters. The molecule has 0 bridgehead atoms. The van der Waals surface area contributed by atoms with E-state index in [1.165, 1.54) is 17.7 Å². The molecule has 1 heterocycles. The first-order valence-corrected chi connectivity index (χ1v) is 14.8. The second-order valence-electron chi connectivity index (χ2n) is 10.0. The largest absolute Gasteiger partial charge is 0.391 e. The fourth-order valence-corrected chi connectivity index (χ4v) is 5.92. The molecule has 9 heteroatoms. The molecule has 198 valence electrons. The number of nitrogens with zero attached hydrogens (tertiary/aromatic N) is 1. The molecule has 1 aliphatic rings. The van der Waals surface area contributed by atoms with Gasteiger partial charge in [0.05, 0.1) is 17.0 Å². The molecule has 7 nitrogen and oxygen atoms in total. The number of hydrogen-bond acceptors (Lipinski definition) is 5. The van der Waals surface area contributed by atoms with Crippen LogP contribution in [0.15, 0.2) is 53.4 Å². The highest BCUT2D eigenvalue weighted by atomic mass is 35.5. The van der Waals surface area contributed by atoms with Crippen molar-refractivity contribution in [3.8, 4) is 0 Å². The van der Waals surface area contributed by atoms with Crippen LogP contribution in [0.4, 0.5) is 10.5 Å². The summed E-state index contributed by atoms with van der Waals surface area (Å²) in [6.45, 7) is 6.60. The average molecular weight is 536 g/mol. The first kappa shape index (κ1) is 28.4. The van der Waals surface area contributed by atoms with Crippen molar-refractivity contribution in [3.05, 3.63) is 59.1 Å². The van der Waals surface area contributed by atoms with E-state index in [-0.39, 0.29) is 4.90 Å². The van der Waals surface area contributed by atoms with Crippen molar-refractivity contribution in [2.24, 2.45) is 5.92 Å². The number of hydrogen-bond donors (Lipinski definition) is 3. The van der Waals surface area contributed by atoms with Crippen LogP contribution in [0.1, 0.15) is 45.6 Å². The summed E-state index contributed by atoms with van der Waals surface area (Å²) in [7, 11) is -3.38. The Labute approximate surface area is 220 Å². The third kappa shape index (κ3) is 7.93. The second kappa shape index (κ2) is 12.4. The van der Waals surface area contributed by atoms with Gasteiger partial charge in [0.1, 0.15) is 0 Å². The fraction of sp³-hybridized carbons (Fsp3) is 0.519. The van der Waals surface area contributed by atoms with Crippen LogP contribution >= 0.6 is 11.6 Å². The van der Waals surface area contributed by atoms with Gasteiger partial charge in [0.15, 0.2) is 9.84 Å². The number of piperidine rings is 1. The molecule has 0 aromatic heterocycles. The number of urea groups is 1. The van der Waals surface area contributed by atoms with Crippen LogP contribution in [-0.4, -0.2) is 61.5 Å². The summed E-state index contributed by atoms with van der Waals surface area (Å²) in [6.07, 6.45) is 4.46. The molecule has 3 rings (SSSR count). The molecular weight excluding hydrogens is 498 g/mol. The monoisotopic (exact) mass is 535 g/mol. The predicted molar refractivity (Wildman–Crippen MR) is 145 cm³/mol. The zero-order valence-corrected chi connectivity index (χ0v) is 23.0. The molecular formula is C27H38ClN3O4S. The minimum absolute atomic E-state index is 0.133. The first-order chi connectivity index (χ1) is 17.0. The van der Waals surface area contributed by atoms with Gasteiger partial charge in [0.2, 0.25) is 0 Å². The van der Waals surface area contributed by atoms with E-state index in [0.717, 1.165) is 37.0 Å². The van der Waals surface area contributed by atoms with Crippen molar-refractivity contribution in [2.45, 2.75) is 75.6 Å². The van der Waals surface area contributed by atoms with Crippen LogP contribution in [0.5, 0.6) is 0 Å². The van der Waals surface area contributed by atoms with Gasteiger partial charge in [0, 0.05) is 35.6 Å². The number of amides is 2. The van der Waals surface area contributed by atoms with E-state index in [1.54, 1.807) is 19.1 Å². The Morgan fingerprint density at radius 2 is 1.89 bits per heavy atom. The van der Waals surface area contributed by atoms with E-state index in [2.05, 4.69) is 41.5 Å². The number of anilines is 1.